The Morgan fingerprint density at radius 1 is 1.36 bits per heavy atom. The minimum absolute atomic E-state index is 0.203. The van der Waals surface area contributed by atoms with E-state index in [1.807, 2.05) is 25.1 Å². The Morgan fingerprint density at radius 3 is 2.86 bits per heavy atom. The maximum atomic E-state index is 10.1. The van der Waals surface area contributed by atoms with Crippen molar-refractivity contribution in [3.05, 3.63) is 58.7 Å². The number of allylic oxidation sites excluding steroid dienone is 2. The van der Waals surface area contributed by atoms with Crippen molar-refractivity contribution in [1.29, 1.82) is 0 Å². The smallest absolute Gasteiger partial charge is 0.134 e. The predicted octanol–water partition coefficient (Wildman–Crippen LogP) is 2.44. The molecule has 0 saturated carbocycles. The van der Waals surface area contributed by atoms with E-state index >= 15 is 0 Å². The van der Waals surface area contributed by atoms with Gasteiger partial charge in [-0.2, -0.15) is 0 Å². The second-order valence-corrected chi connectivity index (χ2v) is 5.43. The van der Waals surface area contributed by atoms with Crippen LogP contribution in [0.15, 0.2) is 47.0 Å². The summed E-state index contributed by atoms with van der Waals surface area (Å²) in [4.78, 5) is 3.91. The van der Waals surface area contributed by atoms with Crippen LogP contribution in [0.25, 0.3) is 10.8 Å². The van der Waals surface area contributed by atoms with Crippen LogP contribution in [0.4, 0.5) is 0 Å². The largest absolute Gasteiger partial charge is 0.375 e. The van der Waals surface area contributed by atoms with E-state index in [1.54, 1.807) is 6.21 Å². The quantitative estimate of drug-likeness (QED) is 0.759. The molecule has 1 aliphatic heterocycles. The van der Waals surface area contributed by atoms with Crippen molar-refractivity contribution in [2.45, 2.75) is 26.1 Å². The number of nitrogens with one attached hydrogen (secondary N) is 1. The summed E-state index contributed by atoms with van der Waals surface area (Å²) >= 11 is 0. The van der Waals surface area contributed by atoms with Crippen molar-refractivity contribution < 1.29 is 10.2 Å². The normalized spacial score (nSPS) is 18.3. The van der Waals surface area contributed by atoms with Crippen molar-refractivity contribution in [2.75, 3.05) is 6.73 Å². The summed E-state index contributed by atoms with van der Waals surface area (Å²) in [5.74, 6) is 0. The minimum Gasteiger partial charge on any atom is -0.375 e. The van der Waals surface area contributed by atoms with Crippen LogP contribution in [-0.2, 0) is 13.0 Å². The fraction of sp³-hybridized carbons (Fsp3) is 0.278. The van der Waals surface area contributed by atoms with Crippen molar-refractivity contribution >= 4 is 17.0 Å². The Labute approximate surface area is 129 Å². The van der Waals surface area contributed by atoms with Crippen molar-refractivity contribution in [3.8, 4) is 0 Å². The van der Waals surface area contributed by atoms with Gasteiger partial charge in [-0.3, -0.25) is 10.3 Å². The van der Waals surface area contributed by atoms with Crippen molar-refractivity contribution in [3.63, 3.8) is 0 Å². The van der Waals surface area contributed by atoms with Gasteiger partial charge in [0.15, 0.2) is 0 Å². The first-order valence-corrected chi connectivity index (χ1v) is 7.45. The zero-order valence-electron chi connectivity index (χ0n) is 12.6. The summed E-state index contributed by atoms with van der Waals surface area (Å²) in [5, 5.41) is 24.4. The number of fused-ring (bicyclic) bond motifs is 3. The lowest BCUT2D eigenvalue weighted by atomic mass is 9.92. The highest BCUT2D eigenvalue weighted by atomic mass is 16.3. The van der Waals surface area contributed by atoms with E-state index in [2.05, 4.69) is 28.5 Å². The Balaban J connectivity index is 2.10. The first-order valence-electron chi connectivity index (χ1n) is 7.45. The first kappa shape index (κ1) is 14.9. The average Bonchev–Trinajstić information content (AvgIpc) is 2.93. The molecule has 22 heavy (non-hydrogen) atoms. The molecular weight excluding hydrogens is 276 g/mol. The van der Waals surface area contributed by atoms with Gasteiger partial charge in [0.2, 0.25) is 0 Å². The molecule has 1 aliphatic rings. The molecule has 0 bridgehead atoms. The van der Waals surface area contributed by atoms with E-state index in [-0.39, 0.29) is 6.73 Å². The summed E-state index contributed by atoms with van der Waals surface area (Å²) in [6.07, 6.45) is 3.83. The van der Waals surface area contributed by atoms with Crippen molar-refractivity contribution in [1.82, 2.24) is 5.32 Å². The summed E-state index contributed by atoms with van der Waals surface area (Å²) in [7, 11) is 0. The molecule has 4 nitrogen and oxygen atoms in total. The average molecular weight is 296 g/mol. The molecule has 0 saturated heterocycles. The zero-order valence-corrected chi connectivity index (χ0v) is 12.6. The number of hydrogen-bond donors (Lipinski definition) is 3. The number of hydrogen-bond acceptors (Lipinski definition) is 4. The molecule has 0 spiro atoms. The van der Waals surface area contributed by atoms with Crippen molar-refractivity contribution in [2.24, 2.45) is 4.99 Å². The predicted molar refractivity (Wildman–Crippen MR) is 88.8 cm³/mol. The van der Waals surface area contributed by atoms with Crippen LogP contribution in [0.1, 0.15) is 29.8 Å². The van der Waals surface area contributed by atoms with Crippen LogP contribution in [0.5, 0.6) is 0 Å². The number of aliphatic hydroxyl groups excluding tert-OH is 2. The van der Waals surface area contributed by atoms with E-state index < -0.39 is 6.23 Å². The Morgan fingerprint density at radius 2 is 2.14 bits per heavy atom. The van der Waals surface area contributed by atoms with Gasteiger partial charge >= 0.3 is 0 Å². The Bertz CT molecular complexity index is 750. The molecule has 1 heterocycles. The van der Waals surface area contributed by atoms with Gasteiger partial charge < -0.3 is 10.2 Å². The molecule has 1 unspecified atom stereocenters. The van der Waals surface area contributed by atoms with Gasteiger partial charge in [-0.1, -0.05) is 36.4 Å². The monoisotopic (exact) mass is 296 g/mol. The Kier molecular flexibility index (Phi) is 4.34. The van der Waals surface area contributed by atoms with Gasteiger partial charge in [0, 0.05) is 18.3 Å². The SMILES string of the molecule is CC=C(C=NCO)Cc1cc2c(c3ccccc13)CNC2O. The number of nitrogens with zero attached hydrogens (tertiary/aromatic N) is 1. The third-order valence-corrected chi connectivity index (χ3v) is 4.15. The molecule has 4 heteroatoms. The fourth-order valence-electron chi connectivity index (χ4n) is 3.03. The molecule has 3 N–H and O–H groups in total. The molecule has 0 radical (unpaired) electrons. The van der Waals surface area contributed by atoms with Gasteiger partial charge in [0.1, 0.15) is 13.0 Å². The molecule has 114 valence electrons. The summed E-state index contributed by atoms with van der Waals surface area (Å²) in [6.45, 7) is 2.45. The lowest BCUT2D eigenvalue weighted by Gasteiger charge is -2.13. The highest BCUT2D eigenvalue weighted by Crippen LogP contribution is 2.33. The van der Waals surface area contributed by atoms with Crippen LogP contribution in [-0.4, -0.2) is 23.2 Å². The van der Waals surface area contributed by atoms with Crippen LogP contribution in [0, 0.1) is 0 Å². The molecule has 1 atom stereocenters. The van der Waals surface area contributed by atoms with Gasteiger partial charge in [0.05, 0.1) is 0 Å². The lowest BCUT2D eigenvalue weighted by Crippen LogP contribution is -2.10. The fourth-order valence-corrected chi connectivity index (χ4v) is 3.03. The van der Waals surface area contributed by atoms with Gasteiger partial charge in [-0.05, 0) is 40.8 Å². The molecule has 2 aromatic rings. The van der Waals surface area contributed by atoms with Gasteiger partial charge in [-0.25, -0.2) is 0 Å². The second kappa shape index (κ2) is 6.40. The number of rotatable bonds is 4. The van der Waals surface area contributed by atoms with E-state index in [4.69, 9.17) is 5.11 Å². The standard InChI is InChI=1S/C18H20N2O2/c1-2-12(9-19-11-21)7-13-8-16-17(10-20-18(16)22)15-6-4-3-5-14(13)15/h2-6,8-9,18,20-22H,7,10-11H2,1H3. The third kappa shape index (κ3) is 2.68. The summed E-state index contributed by atoms with van der Waals surface area (Å²) in [6, 6.07) is 10.4. The molecule has 0 aromatic heterocycles. The topological polar surface area (TPSA) is 64.9 Å². The van der Waals surface area contributed by atoms with Crippen LogP contribution >= 0.6 is 0 Å². The third-order valence-electron chi connectivity index (χ3n) is 4.15. The second-order valence-electron chi connectivity index (χ2n) is 5.43. The zero-order chi connectivity index (χ0) is 15.5. The number of aliphatic imine (C=N–C) groups is 1. The summed E-state index contributed by atoms with van der Waals surface area (Å²) in [5.41, 5.74) is 4.34. The highest BCUT2D eigenvalue weighted by Gasteiger charge is 2.23. The maximum Gasteiger partial charge on any atom is 0.134 e. The molecule has 0 amide bonds. The first-order chi connectivity index (χ1) is 10.7. The number of aliphatic hydroxyl groups is 2. The van der Waals surface area contributed by atoms with E-state index in [0.29, 0.717) is 6.54 Å². The van der Waals surface area contributed by atoms with Crippen LogP contribution in [0.3, 0.4) is 0 Å². The van der Waals surface area contributed by atoms with E-state index in [1.165, 1.54) is 16.3 Å². The molecule has 0 aliphatic carbocycles. The molecular formula is C18H20N2O2. The van der Waals surface area contributed by atoms with Crippen LogP contribution in [0.2, 0.25) is 0 Å². The minimum atomic E-state index is -0.599. The number of benzene rings is 2. The molecule has 3 rings (SSSR count). The van der Waals surface area contributed by atoms with E-state index in [9.17, 15) is 5.11 Å². The molecule has 0 fully saturated rings. The van der Waals surface area contributed by atoms with E-state index in [0.717, 1.165) is 23.1 Å². The lowest BCUT2D eigenvalue weighted by molar-refractivity contribution is 0.151. The summed E-state index contributed by atoms with van der Waals surface area (Å²) < 4.78 is 0. The Hall–Kier alpha value is -2.01. The van der Waals surface area contributed by atoms with Gasteiger partial charge in [-0.15, -0.1) is 0 Å². The highest BCUT2D eigenvalue weighted by molar-refractivity contribution is 5.91. The maximum absolute atomic E-state index is 10.1. The van der Waals surface area contributed by atoms with Crippen LogP contribution < -0.4 is 5.32 Å². The molecule has 2 aromatic carbocycles. The van der Waals surface area contributed by atoms with Gasteiger partial charge in [0.25, 0.3) is 0 Å².